The number of benzene rings is 1. The number of aromatic amines is 1. The first kappa shape index (κ1) is 19.8. The molecule has 24 heavy (non-hydrogen) atoms. The van der Waals surface area contributed by atoms with Crippen LogP contribution in [0.25, 0.3) is 10.9 Å². The summed E-state index contributed by atoms with van der Waals surface area (Å²) in [5.41, 5.74) is 10.0. The molecule has 1 heterocycles. The van der Waals surface area contributed by atoms with Crippen LogP contribution < -0.4 is 11.5 Å². The van der Waals surface area contributed by atoms with Gasteiger partial charge < -0.3 is 16.5 Å². The molecule has 0 spiro atoms. The number of hydrogen-bond donors (Lipinski definition) is 4. The van der Waals surface area contributed by atoms with E-state index in [1.54, 1.807) is 0 Å². The van der Waals surface area contributed by atoms with Gasteiger partial charge in [-0.05, 0) is 31.2 Å². The van der Waals surface area contributed by atoms with Crippen LogP contribution in [0, 0.1) is 5.41 Å². The van der Waals surface area contributed by atoms with Crippen LogP contribution >= 0.6 is 12.4 Å². The monoisotopic (exact) mass is 363 g/mol. The number of alkyl halides is 3. The standard InChI is InChI=1S/C14H16F3N5O.ClH/c15-14(16,17)9-3-1-4-10-8(9)7-11(21-10)12(23)22(13(19)20)6-2-5-18;/h1,3-4,7,21H,2,5-6,18H2,(H3,19,20);1H. The molecule has 0 bridgehead atoms. The number of halogens is 4. The number of H-pyrrole nitrogens is 1. The SMILES string of the molecule is Cl.N=C(N)N(CCCN)C(=O)c1cc2c(C(F)(F)F)cccc2[nH]1. The number of rotatable bonds is 4. The van der Waals surface area contributed by atoms with E-state index in [0.29, 0.717) is 13.0 Å². The number of aromatic nitrogens is 1. The van der Waals surface area contributed by atoms with Crippen molar-refractivity contribution in [2.75, 3.05) is 13.1 Å². The van der Waals surface area contributed by atoms with Gasteiger partial charge in [-0.2, -0.15) is 13.2 Å². The predicted octanol–water partition coefficient (Wildman–Crippen LogP) is 2.29. The first-order chi connectivity index (χ1) is 10.8. The van der Waals surface area contributed by atoms with Gasteiger partial charge in [0.25, 0.3) is 5.91 Å². The van der Waals surface area contributed by atoms with Crippen molar-refractivity contribution in [1.82, 2.24) is 9.88 Å². The molecular formula is C14H17ClF3N5O. The van der Waals surface area contributed by atoms with Crippen molar-refractivity contribution in [3.8, 4) is 0 Å². The van der Waals surface area contributed by atoms with E-state index in [4.69, 9.17) is 16.9 Å². The van der Waals surface area contributed by atoms with E-state index in [-0.39, 0.29) is 35.5 Å². The molecule has 0 saturated carbocycles. The summed E-state index contributed by atoms with van der Waals surface area (Å²) >= 11 is 0. The fourth-order valence-corrected chi connectivity index (χ4v) is 2.24. The third-order valence-electron chi connectivity index (χ3n) is 3.32. The third-order valence-corrected chi connectivity index (χ3v) is 3.32. The zero-order valence-electron chi connectivity index (χ0n) is 12.5. The number of guanidine groups is 1. The van der Waals surface area contributed by atoms with E-state index in [2.05, 4.69) is 4.98 Å². The lowest BCUT2D eigenvalue weighted by atomic mass is 10.1. The van der Waals surface area contributed by atoms with Crippen LogP contribution in [-0.2, 0) is 6.18 Å². The van der Waals surface area contributed by atoms with Crippen molar-refractivity contribution in [2.24, 2.45) is 11.5 Å². The molecule has 0 fully saturated rings. The Hall–Kier alpha value is -2.26. The first-order valence-electron chi connectivity index (χ1n) is 6.80. The van der Waals surface area contributed by atoms with E-state index in [1.807, 2.05) is 0 Å². The maximum Gasteiger partial charge on any atom is 0.417 e. The lowest BCUT2D eigenvalue weighted by Crippen LogP contribution is -2.42. The van der Waals surface area contributed by atoms with Gasteiger partial charge in [0.05, 0.1) is 5.56 Å². The smallest absolute Gasteiger partial charge is 0.370 e. The van der Waals surface area contributed by atoms with Crippen molar-refractivity contribution >= 4 is 35.2 Å². The van der Waals surface area contributed by atoms with Gasteiger partial charge in [0.15, 0.2) is 5.96 Å². The van der Waals surface area contributed by atoms with Crippen molar-refractivity contribution in [1.29, 1.82) is 5.41 Å². The Balaban J connectivity index is 0.00000288. The van der Waals surface area contributed by atoms with Gasteiger partial charge in [0.1, 0.15) is 5.69 Å². The molecule has 0 aliphatic heterocycles. The highest BCUT2D eigenvalue weighted by molar-refractivity contribution is 6.06. The van der Waals surface area contributed by atoms with Crippen LogP contribution in [0.4, 0.5) is 13.2 Å². The van der Waals surface area contributed by atoms with Crippen LogP contribution in [0.1, 0.15) is 22.5 Å². The zero-order chi connectivity index (χ0) is 17.2. The second kappa shape index (κ2) is 7.54. The minimum absolute atomic E-state index is 0. The van der Waals surface area contributed by atoms with Crippen LogP contribution in [0.2, 0.25) is 0 Å². The summed E-state index contributed by atoms with van der Waals surface area (Å²) in [4.78, 5) is 16.0. The second-order valence-corrected chi connectivity index (χ2v) is 4.93. The minimum atomic E-state index is -4.53. The van der Waals surface area contributed by atoms with E-state index in [0.717, 1.165) is 17.0 Å². The summed E-state index contributed by atoms with van der Waals surface area (Å²) in [6, 6.07) is 4.77. The van der Waals surface area contributed by atoms with E-state index >= 15 is 0 Å². The first-order valence-corrected chi connectivity index (χ1v) is 6.80. The minimum Gasteiger partial charge on any atom is -0.370 e. The van der Waals surface area contributed by atoms with Crippen LogP contribution in [0.15, 0.2) is 24.3 Å². The molecule has 6 N–H and O–H groups in total. The molecule has 2 aromatic rings. The van der Waals surface area contributed by atoms with E-state index in [1.165, 1.54) is 12.1 Å². The van der Waals surface area contributed by atoms with Crippen molar-refractivity contribution in [3.05, 3.63) is 35.5 Å². The third kappa shape index (κ3) is 3.98. The number of hydrogen-bond acceptors (Lipinski definition) is 3. The zero-order valence-corrected chi connectivity index (χ0v) is 13.3. The van der Waals surface area contributed by atoms with Crippen molar-refractivity contribution < 1.29 is 18.0 Å². The number of carbonyl (C=O) groups is 1. The van der Waals surface area contributed by atoms with Crippen LogP contribution in [0.3, 0.4) is 0 Å². The molecule has 1 amide bonds. The van der Waals surface area contributed by atoms with Gasteiger partial charge in [-0.15, -0.1) is 12.4 Å². The van der Waals surface area contributed by atoms with Crippen LogP contribution in [-0.4, -0.2) is 34.8 Å². The van der Waals surface area contributed by atoms with Gasteiger partial charge in [0, 0.05) is 17.4 Å². The summed E-state index contributed by atoms with van der Waals surface area (Å²) in [6.45, 7) is 0.411. The second-order valence-electron chi connectivity index (χ2n) is 4.93. The van der Waals surface area contributed by atoms with E-state index in [9.17, 15) is 18.0 Å². The molecule has 0 aliphatic carbocycles. The summed E-state index contributed by atoms with van der Waals surface area (Å²) in [5.74, 6) is -1.16. The highest BCUT2D eigenvalue weighted by Crippen LogP contribution is 2.35. The molecule has 0 radical (unpaired) electrons. The van der Waals surface area contributed by atoms with Crippen molar-refractivity contribution in [2.45, 2.75) is 12.6 Å². The maximum absolute atomic E-state index is 13.0. The Bertz CT molecular complexity index is 744. The quantitative estimate of drug-likeness (QED) is 0.494. The number of nitrogens with one attached hydrogen (secondary N) is 2. The largest absolute Gasteiger partial charge is 0.417 e. The Kier molecular flexibility index (Phi) is 6.22. The summed E-state index contributed by atoms with van der Waals surface area (Å²) in [5, 5.41) is 7.33. The van der Waals surface area contributed by atoms with Gasteiger partial charge >= 0.3 is 6.18 Å². The number of nitrogens with zero attached hydrogens (tertiary/aromatic N) is 1. The number of nitrogens with two attached hydrogens (primary N) is 2. The Labute approximate surface area is 141 Å². The summed E-state index contributed by atoms with van der Waals surface area (Å²) in [6.07, 6.45) is -4.11. The molecule has 0 saturated heterocycles. The molecule has 1 aromatic carbocycles. The highest BCUT2D eigenvalue weighted by Gasteiger charge is 2.33. The fraction of sp³-hybridized carbons (Fsp3) is 0.286. The lowest BCUT2D eigenvalue weighted by Gasteiger charge is -2.19. The molecule has 2 rings (SSSR count). The summed E-state index contributed by atoms with van der Waals surface area (Å²) in [7, 11) is 0. The Morgan fingerprint density at radius 2 is 2.00 bits per heavy atom. The Morgan fingerprint density at radius 1 is 1.33 bits per heavy atom. The number of carbonyl (C=O) groups excluding carboxylic acids is 1. The van der Waals surface area contributed by atoms with Crippen LogP contribution in [0.5, 0.6) is 0 Å². The van der Waals surface area contributed by atoms with Gasteiger partial charge in [-0.1, -0.05) is 6.07 Å². The number of amides is 1. The maximum atomic E-state index is 13.0. The Morgan fingerprint density at radius 3 is 2.54 bits per heavy atom. The predicted molar refractivity (Wildman–Crippen MR) is 87.2 cm³/mol. The molecule has 1 aromatic heterocycles. The average molecular weight is 364 g/mol. The van der Waals surface area contributed by atoms with Gasteiger partial charge in [-0.3, -0.25) is 15.1 Å². The molecule has 0 aliphatic rings. The molecule has 0 unspecified atom stereocenters. The number of fused-ring (bicyclic) bond motifs is 1. The average Bonchev–Trinajstić information content (AvgIpc) is 2.89. The molecule has 6 nitrogen and oxygen atoms in total. The topological polar surface area (TPSA) is 112 Å². The molecule has 0 atom stereocenters. The normalized spacial score (nSPS) is 11.2. The lowest BCUT2D eigenvalue weighted by molar-refractivity contribution is -0.136. The van der Waals surface area contributed by atoms with Gasteiger partial charge in [-0.25, -0.2) is 0 Å². The summed E-state index contributed by atoms with van der Waals surface area (Å²) < 4.78 is 39.0. The fourth-order valence-electron chi connectivity index (χ4n) is 2.24. The molecule has 132 valence electrons. The molecular weight excluding hydrogens is 347 g/mol. The highest BCUT2D eigenvalue weighted by atomic mass is 35.5. The molecule has 10 heteroatoms. The van der Waals surface area contributed by atoms with E-state index < -0.39 is 23.6 Å². The van der Waals surface area contributed by atoms with Crippen molar-refractivity contribution in [3.63, 3.8) is 0 Å². The van der Waals surface area contributed by atoms with Gasteiger partial charge in [0.2, 0.25) is 0 Å².